The van der Waals surface area contributed by atoms with Crippen LogP contribution in [-0.2, 0) is 0 Å². The second-order valence-electron chi connectivity index (χ2n) is 2.38. The fraction of sp³-hybridized carbons (Fsp3) is 1.00. The van der Waals surface area contributed by atoms with Gasteiger partial charge in [-0.2, -0.15) is 11.8 Å². The summed E-state index contributed by atoms with van der Waals surface area (Å²) in [6.45, 7) is 4.53. The van der Waals surface area contributed by atoms with Crippen LogP contribution in [0.3, 0.4) is 0 Å². The SMILES string of the molecule is CC1(C)SCC1Br. The van der Waals surface area contributed by atoms with Gasteiger partial charge in [0, 0.05) is 15.3 Å². The summed E-state index contributed by atoms with van der Waals surface area (Å²) >= 11 is 5.58. The molecule has 1 rings (SSSR count). The summed E-state index contributed by atoms with van der Waals surface area (Å²) in [5.41, 5.74) is 0. The lowest BCUT2D eigenvalue weighted by atomic mass is 10.1. The molecule has 0 radical (unpaired) electrons. The molecule has 0 nitrogen and oxygen atoms in total. The van der Waals surface area contributed by atoms with Gasteiger partial charge in [-0.25, -0.2) is 0 Å². The lowest BCUT2D eigenvalue weighted by molar-refractivity contribution is 0.673. The number of thioether (sulfide) groups is 1. The fourth-order valence-electron chi connectivity index (χ4n) is 0.480. The minimum absolute atomic E-state index is 0.514. The fourth-order valence-corrected chi connectivity index (χ4v) is 2.23. The zero-order valence-electron chi connectivity index (χ0n) is 4.57. The van der Waals surface area contributed by atoms with Crippen molar-refractivity contribution in [1.82, 2.24) is 0 Å². The van der Waals surface area contributed by atoms with E-state index in [0.29, 0.717) is 4.75 Å². The molecule has 1 fully saturated rings. The Labute approximate surface area is 57.2 Å². The summed E-state index contributed by atoms with van der Waals surface area (Å²) < 4.78 is 0.514. The maximum atomic E-state index is 3.56. The topological polar surface area (TPSA) is 0 Å². The van der Waals surface area contributed by atoms with Crippen molar-refractivity contribution in [3.8, 4) is 0 Å². The molecule has 1 unspecified atom stereocenters. The average Bonchev–Trinajstić information content (AvgIpc) is 1.63. The predicted octanol–water partition coefficient (Wildman–Crippen LogP) is 2.28. The van der Waals surface area contributed by atoms with Crippen LogP contribution in [0.25, 0.3) is 0 Å². The molecule has 0 saturated carbocycles. The van der Waals surface area contributed by atoms with E-state index in [-0.39, 0.29) is 0 Å². The largest absolute Gasteiger partial charge is 0.153 e. The normalized spacial score (nSPS) is 37.3. The zero-order valence-corrected chi connectivity index (χ0v) is 6.97. The van der Waals surface area contributed by atoms with Crippen LogP contribution in [-0.4, -0.2) is 15.3 Å². The molecule has 1 aliphatic heterocycles. The Morgan fingerprint density at radius 1 is 1.71 bits per heavy atom. The Hall–Kier alpha value is 0.830. The smallest absolute Gasteiger partial charge is 0.0378 e. The minimum Gasteiger partial charge on any atom is -0.153 e. The first kappa shape index (κ1) is 5.96. The summed E-state index contributed by atoms with van der Waals surface area (Å²) in [6.07, 6.45) is 0. The van der Waals surface area contributed by atoms with Gasteiger partial charge in [-0.3, -0.25) is 0 Å². The van der Waals surface area contributed by atoms with Gasteiger partial charge in [-0.05, 0) is 13.8 Å². The summed E-state index contributed by atoms with van der Waals surface area (Å²) in [4.78, 5) is 0.755. The molecule has 1 aliphatic rings. The molecule has 0 N–H and O–H groups in total. The van der Waals surface area contributed by atoms with E-state index in [0.717, 1.165) is 4.83 Å². The highest BCUT2D eigenvalue weighted by atomic mass is 79.9. The number of hydrogen-bond donors (Lipinski definition) is 0. The Balaban J connectivity index is 2.43. The van der Waals surface area contributed by atoms with Crippen molar-refractivity contribution in [3.63, 3.8) is 0 Å². The molecular weight excluding hydrogens is 172 g/mol. The van der Waals surface area contributed by atoms with E-state index in [1.165, 1.54) is 5.75 Å². The molecule has 0 spiro atoms. The molecule has 7 heavy (non-hydrogen) atoms. The molecular formula is C5H9BrS. The maximum Gasteiger partial charge on any atom is 0.0378 e. The van der Waals surface area contributed by atoms with E-state index < -0.39 is 0 Å². The zero-order chi connectivity index (χ0) is 5.49. The van der Waals surface area contributed by atoms with Crippen LogP contribution in [0.15, 0.2) is 0 Å². The Morgan fingerprint density at radius 2 is 2.14 bits per heavy atom. The first-order valence-electron chi connectivity index (χ1n) is 2.41. The molecule has 0 bridgehead atoms. The van der Waals surface area contributed by atoms with Gasteiger partial charge in [-0.15, -0.1) is 0 Å². The predicted molar refractivity (Wildman–Crippen MR) is 39.3 cm³/mol. The molecule has 0 aliphatic carbocycles. The van der Waals surface area contributed by atoms with E-state index in [9.17, 15) is 0 Å². The lowest BCUT2D eigenvalue weighted by Crippen LogP contribution is -2.40. The van der Waals surface area contributed by atoms with Crippen molar-refractivity contribution in [1.29, 1.82) is 0 Å². The van der Waals surface area contributed by atoms with Crippen LogP contribution >= 0.6 is 27.7 Å². The number of rotatable bonds is 0. The number of halogens is 1. The van der Waals surface area contributed by atoms with Crippen molar-refractivity contribution in [2.45, 2.75) is 23.4 Å². The first-order chi connectivity index (χ1) is 3.13. The van der Waals surface area contributed by atoms with E-state index in [2.05, 4.69) is 29.8 Å². The van der Waals surface area contributed by atoms with Crippen molar-refractivity contribution < 1.29 is 0 Å². The Bertz CT molecular complexity index is 80.1. The van der Waals surface area contributed by atoms with Gasteiger partial charge in [0.1, 0.15) is 0 Å². The molecule has 2 heteroatoms. The monoisotopic (exact) mass is 180 g/mol. The van der Waals surface area contributed by atoms with Crippen LogP contribution in [0.4, 0.5) is 0 Å². The van der Waals surface area contributed by atoms with Crippen LogP contribution < -0.4 is 0 Å². The van der Waals surface area contributed by atoms with Gasteiger partial charge in [-0.1, -0.05) is 15.9 Å². The third kappa shape index (κ3) is 0.968. The minimum atomic E-state index is 0.514. The molecule has 1 saturated heterocycles. The Morgan fingerprint density at radius 3 is 2.14 bits per heavy atom. The summed E-state index contributed by atoms with van der Waals surface area (Å²) in [5.74, 6) is 1.28. The molecule has 0 amide bonds. The van der Waals surface area contributed by atoms with E-state index in [1.54, 1.807) is 0 Å². The van der Waals surface area contributed by atoms with Crippen molar-refractivity contribution in [3.05, 3.63) is 0 Å². The summed E-state index contributed by atoms with van der Waals surface area (Å²) in [7, 11) is 0. The third-order valence-electron chi connectivity index (χ3n) is 1.36. The second kappa shape index (κ2) is 1.66. The van der Waals surface area contributed by atoms with Crippen molar-refractivity contribution in [2.24, 2.45) is 0 Å². The van der Waals surface area contributed by atoms with E-state index in [4.69, 9.17) is 0 Å². The van der Waals surface area contributed by atoms with Gasteiger partial charge >= 0.3 is 0 Å². The molecule has 0 aromatic carbocycles. The highest BCUT2D eigenvalue weighted by Gasteiger charge is 2.36. The van der Waals surface area contributed by atoms with Gasteiger partial charge in [0.05, 0.1) is 0 Å². The highest BCUT2D eigenvalue weighted by Crippen LogP contribution is 2.44. The maximum absolute atomic E-state index is 3.56. The van der Waals surface area contributed by atoms with Gasteiger partial charge < -0.3 is 0 Å². The number of hydrogen-bond acceptors (Lipinski definition) is 1. The van der Waals surface area contributed by atoms with Gasteiger partial charge in [0.2, 0.25) is 0 Å². The average molecular weight is 181 g/mol. The number of alkyl halides is 1. The van der Waals surface area contributed by atoms with Crippen molar-refractivity contribution >= 4 is 27.7 Å². The van der Waals surface area contributed by atoms with Crippen LogP contribution in [0.2, 0.25) is 0 Å². The highest BCUT2D eigenvalue weighted by molar-refractivity contribution is 9.10. The van der Waals surface area contributed by atoms with Crippen LogP contribution in [0.5, 0.6) is 0 Å². The first-order valence-corrected chi connectivity index (χ1v) is 4.31. The quantitative estimate of drug-likeness (QED) is 0.516. The molecule has 0 aromatic heterocycles. The van der Waals surface area contributed by atoms with E-state index in [1.807, 2.05) is 11.8 Å². The molecule has 0 aromatic rings. The Kier molecular flexibility index (Phi) is 1.41. The third-order valence-corrected chi connectivity index (χ3v) is 5.08. The van der Waals surface area contributed by atoms with Crippen molar-refractivity contribution in [2.75, 3.05) is 5.75 Å². The summed E-state index contributed by atoms with van der Waals surface area (Å²) in [6, 6.07) is 0. The second-order valence-corrected chi connectivity index (χ2v) is 5.16. The van der Waals surface area contributed by atoms with Gasteiger partial charge in [0.15, 0.2) is 0 Å². The lowest BCUT2D eigenvalue weighted by Gasteiger charge is -2.39. The molecule has 1 atom stereocenters. The standard InChI is InChI=1S/C5H9BrS/c1-5(2)4(6)3-7-5/h4H,3H2,1-2H3. The van der Waals surface area contributed by atoms with Gasteiger partial charge in [0.25, 0.3) is 0 Å². The molecule has 42 valence electrons. The van der Waals surface area contributed by atoms with Crippen LogP contribution in [0, 0.1) is 0 Å². The van der Waals surface area contributed by atoms with Crippen LogP contribution in [0.1, 0.15) is 13.8 Å². The van der Waals surface area contributed by atoms with E-state index >= 15 is 0 Å². The molecule has 1 heterocycles. The summed E-state index contributed by atoms with van der Waals surface area (Å²) in [5, 5.41) is 0.